The zero-order valence-corrected chi connectivity index (χ0v) is 19.3. The number of halogens is 4. The summed E-state index contributed by atoms with van der Waals surface area (Å²) in [4.78, 5) is 0. The van der Waals surface area contributed by atoms with Crippen LogP contribution in [0, 0.1) is 5.92 Å². The van der Waals surface area contributed by atoms with Gasteiger partial charge in [0.1, 0.15) is 12.4 Å². The topological polar surface area (TPSA) is 39.7 Å². The van der Waals surface area contributed by atoms with E-state index in [9.17, 15) is 13.2 Å². The van der Waals surface area contributed by atoms with Gasteiger partial charge in [0, 0.05) is 5.56 Å². The summed E-state index contributed by atoms with van der Waals surface area (Å²) in [7, 11) is 0. The van der Waals surface area contributed by atoms with Gasteiger partial charge in [0.05, 0.1) is 6.61 Å². The Morgan fingerprint density at radius 2 is 1.50 bits per heavy atom. The monoisotopic (exact) mass is 493 g/mol. The van der Waals surface area contributed by atoms with Crippen LogP contribution in [0.3, 0.4) is 0 Å². The lowest BCUT2D eigenvalue weighted by molar-refractivity contribution is -0.275. The predicted octanol–water partition coefficient (Wildman–Crippen LogP) is 6.63. The molecule has 3 aromatic carbocycles. The fraction of sp³-hybridized carbons (Fsp3) is 0.308. The third kappa shape index (κ3) is 7.30. The fourth-order valence-corrected chi connectivity index (χ4v) is 3.82. The molecule has 0 saturated carbocycles. The molecule has 4 nitrogen and oxygen atoms in total. The number of piperidine rings is 1. The van der Waals surface area contributed by atoms with Crippen LogP contribution in [-0.4, -0.2) is 26.1 Å². The van der Waals surface area contributed by atoms with Gasteiger partial charge in [-0.1, -0.05) is 54.6 Å². The van der Waals surface area contributed by atoms with Gasteiger partial charge in [-0.15, -0.1) is 25.6 Å². The number of hydrogen-bond acceptors (Lipinski definition) is 4. The van der Waals surface area contributed by atoms with Crippen LogP contribution in [0.15, 0.2) is 72.8 Å². The SMILES string of the molecule is Cl.FC(F)(F)Oc1ccc(-c2ccccc2OCc2ccccc2)cc1OCC1CCNCC1. The first kappa shape index (κ1) is 25.7. The first-order valence-corrected chi connectivity index (χ1v) is 11.0. The minimum absolute atomic E-state index is 0. The van der Waals surface area contributed by atoms with E-state index in [0.29, 0.717) is 24.5 Å². The van der Waals surface area contributed by atoms with E-state index in [-0.39, 0.29) is 29.8 Å². The van der Waals surface area contributed by atoms with Gasteiger partial charge in [0.25, 0.3) is 0 Å². The molecule has 3 aromatic rings. The second kappa shape index (κ2) is 12.0. The number of hydrogen-bond donors (Lipinski definition) is 1. The molecule has 0 aliphatic carbocycles. The molecule has 0 spiro atoms. The van der Waals surface area contributed by atoms with Gasteiger partial charge in [-0.2, -0.15) is 0 Å². The summed E-state index contributed by atoms with van der Waals surface area (Å²) in [6.07, 6.45) is -2.96. The summed E-state index contributed by atoms with van der Waals surface area (Å²) in [6, 6.07) is 21.7. The van der Waals surface area contributed by atoms with E-state index in [1.807, 2.05) is 54.6 Å². The smallest absolute Gasteiger partial charge is 0.489 e. The molecule has 1 aliphatic heterocycles. The van der Waals surface area contributed by atoms with Crippen molar-refractivity contribution in [1.29, 1.82) is 0 Å². The molecule has 8 heteroatoms. The van der Waals surface area contributed by atoms with Crippen LogP contribution in [-0.2, 0) is 6.61 Å². The van der Waals surface area contributed by atoms with Crippen LogP contribution in [0.5, 0.6) is 17.2 Å². The Balaban J connectivity index is 0.00000324. The highest BCUT2D eigenvalue weighted by Gasteiger charge is 2.33. The summed E-state index contributed by atoms with van der Waals surface area (Å²) in [5.74, 6) is 0.648. The van der Waals surface area contributed by atoms with E-state index >= 15 is 0 Å². The van der Waals surface area contributed by atoms with E-state index < -0.39 is 6.36 Å². The number of alkyl halides is 3. The van der Waals surface area contributed by atoms with Gasteiger partial charge in [-0.25, -0.2) is 0 Å². The van der Waals surface area contributed by atoms with E-state index in [2.05, 4.69) is 10.1 Å². The van der Waals surface area contributed by atoms with E-state index in [1.165, 1.54) is 6.07 Å². The summed E-state index contributed by atoms with van der Waals surface area (Å²) >= 11 is 0. The predicted molar refractivity (Wildman–Crippen MR) is 128 cm³/mol. The molecule has 1 N–H and O–H groups in total. The minimum Gasteiger partial charge on any atom is -0.489 e. The van der Waals surface area contributed by atoms with Gasteiger partial charge < -0.3 is 19.5 Å². The Hall–Kier alpha value is -2.90. The Morgan fingerprint density at radius 3 is 2.24 bits per heavy atom. The highest BCUT2D eigenvalue weighted by atomic mass is 35.5. The molecule has 0 radical (unpaired) electrons. The Bertz CT molecular complexity index is 1040. The molecule has 1 fully saturated rings. The molecule has 34 heavy (non-hydrogen) atoms. The molecule has 0 unspecified atom stereocenters. The Kier molecular flexibility index (Phi) is 9.07. The molecular formula is C26H27ClF3NO3. The minimum atomic E-state index is -4.80. The average Bonchev–Trinajstić information content (AvgIpc) is 2.83. The van der Waals surface area contributed by atoms with Crippen molar-refractivity contribution in [2.75, 3.05) is 19.7 Å². The van der Waals surface area contributed by atoms with E-state index in [0.717, 1.165) is 37.1 Å². The third-order valence-corrected chi connectivity index (χ3v) is 5.54. The van der Waals surface area contributed by atoms with Crippen molar-refractivity contribution in [3.05, 3.63) is 78.4 Å². The number of para-hydroxylation sites is 1. The number of nitrogens with one attached hydrogen (secondary N) is 1. The second-order valence-electron chi connectivity index (χ2n) is 7.98. The Labute approximate surface area is 203 Å². The third-order valence-electron chi connectivity index (χ3n) is 5.54. The normalized spacial score (nSPS) is 14.2. The van der Waals surface area contributed by atoms with Crippen LogP contribution in [0.25, 0.3) is 11.1 Å². The van der Waals surface area contributed by atoms with E-state index in [4.69, 9.17) is 9.47 Å². The lowest BCUT2D eigenvalue weighted by Crippen LogP contribution is -2.30. The maximum atomic E-state index is 13.0. The number of benzene rings is 3. The van der Waals surface area contributed by atoms with Gasteiger partial charge in [-0.3, -0.25) is 0 Å². The molecule has 4 rings (SSSR count). The summed E-state index contributed by atoms with van der Waals surface area (Å²) in [5, 5.41) is 3.27. The van der Waals surface area contributed by atoms with Crippen molar-refractivity contribution in [3.63, 3.8) is 0 Å². The lowest BCUT2D eigenvalue weighted by atomic mass is 9.99. The van der Waals surface area contributed by atoms with Gasteiger partial charge in [0.15, 0.2) is 11.5 Å². The molecule has 1 saturated heterocycles. The maximum absolute atomic E-state index is 13.0. The summed E-state index contributed by atoms with van der Waals surface area (Å²) in [6.45, 7) is 2.48. The van der Waals surface area contributed by atoms with Gasteiger partial charge in [0.2, 0.25) is 0 Å². The maximum Gasteiger partial charge on any atom is 0.573 e. The van der Waals surface area contributed by atoms with Crippen molar-refractivity contribution in [1.82, 2.24) is 5.32 Å². The first-order valence-electron chi connectivity index (χ1n) is 11.0. The lowest BCUT2D eigenvalue weighted by Gasteiger charge is -2.23. The van der Waals surface area contributed by atoms with E-state index in [1.54, 1.807) is 12.1 Å². The van der Waals surface area contributed by atoms with Gasteiger partial charge in [-0.05, 0) is 61.2 Å². The molecule has 1 aliphatic rings. The summed E-state index contributed by atoms with van der Waals surface area (Å²) in [5.41, 5.74) is 2.47. The highest BCUT2D eigenvalue weighted by molar-refractivity contribution is 5.85. The average molecular weight is 494 g/mol. The molecule has 0 bridgehead atoms. The second-order valence-corrected chi connectivity index (χ2v) is 7.98. The fourth-order valence-electron chi connectivity index (χ4n) is 3.82. The Morgan fingerprint density at radius 1 is 0.794 bits per heavy atom. The standard InChI is InChI=1S/C26H26F3NO3.ClH/c27-26(28,29)33-24-11-10-21(16-25(24)32-18-20-12-14-30-15-13-20)22-8-4-5-9-23(22)31-17-19-6-2-1-3-7-19;/h1-11,16,20,30H,12-15,17-18H2;1H. The number of rotatable bonds is 8. The molecular weight excluding hydrogens is 467 g/mol. The van der Waals surface area contributed by atoms with Crippen molar-refractivity contribution < 1.29 is 27.4 Å². The van der Waals surface area contributed by atoms with Crippen LogP contribution in [0.1, 0.15) is 18.4 Å². The van der Waals surface area contributed by atoms with Gasteiger partial charge >= 0.3 is 6.36 Å². The molecule has 0 atom stereocenters. The highest BCUT2D eigenvalue weighted by Crippen LogP contribution is 2.39. The van der Waals surface area contributed by atoms with Crippen molar-refractivity contribution in [2.24, 2.45) is 5.92 Å². The van der Waals surface area contributed by atoms with Crippen LogP contribution in [0.2, 0.25) is 0 Å². The van der Waals surface area contributed by atoms with Crippen molar-refractivity contribution in [2.45, 2.75) is 25.8 Å². The van der Waals surface area contributed by atoms with Crippen molar-refractivity contribution >= 4 is 12.4 Å². The van der Waals surface area contributed by atoms with Crippen LogP contribution >= 0.6 is 12.4 Å². The summed E-state index contributed by atoms with van der Waals surface area (Å²) < 4.78 is 55.0. The largest absolute Gasteiger partial charge is 0.573 e. The molecule has 0 amide bonds. The van der Waals surface area contributed by atoms with Crippen molar-refractivity contribution in [3.8, 4) is 28.4 Å². The zero-order valence-electron chi connectivity index (χ0n) is 18.5. The number of ether oxygens (including phenoxy) is 3. The van der Waals surface area contributed by atoms with Crippen LogP contribution in [0.4, 0.5) is 13.2 Å². The zero-order chi connectivity index (χ0) is 23.1. The molecule has 0 aromatic heterocycles. The quantitative estimate of drug-likeness (QED) is 0.382. The molecule has 1 heterocycles. The molecule has 182 valence electrons. The van der Waals surface area contributed by atoms with Crippen LogP contribution < -0.4 is 19.5 Å². The first-order chi connectivity index (χ1) is 16.0.